The maximum Gasteiger partial charge on any atom is 0.311 e. The van der Waals surface area contributed by atoms with Crippen LogP contribution in [0.1, 0.15) is 120 Å². The lowest BCUT2D eigenvalue weighted by Crippen LogP contribution is -2.25. The lowest BCUT2D eigenvalue weighted by molar-refractivity contribution is -0.386. The number of carbonyl (C=O) groups is 1. The molecule has 1 heterocycles. The molecule has 0 saturated heterocycles. The molecule has 0 fully saturated rings. The Kier molecular flexibility index (Phi) is 15.7. The highest BCUT2D eigenvalue weighted by molar-refractivity contribution is 5.92. The molecule has 0 aliphatic carbocycles. The zero-order valence-electron chi connectivity index (χ0n) is 23.0. The SMILES string of the molecule is CCCCCCCCCCCCCCCCCCNC(=O)c1ccn(COc2cc(F)ccc2[N+](=O)[O-])n1. The molecule has 38 heavy (non-hydrogen) atoms. The van der Waals surface area contributed by atoms with Crippen molar-refractivity contribution < 1.29 is 18.8 Å². The molecular weight excluding hydrogens is 487 g/mol. The first-order valence-corrected chi connectivity index (χ1v) is 14.4. The predicted molar refractivity (Wildman–Crippen MR) is 148 cm³/mol. The molecule has 212 valence electrons. The van der Waals surface area contributed by atoms with Crippen LogP contribution >= 0.6 is 0 Å². The fourth-order valence-electron chi connectivity index (χ4n) is 4.41. The van der Waals surface area contributed by atoms with Crippen LogP contribution in [0.4, 0.5) is 10.1 Å². The maximum atomic E-state index is 13.4. The van der Waals surface area contributed by atoms with Crippen molar-refractivity contribution in [3.05, 3.63) is 52.1 Å². The van der Waals surface area contributed by atoms with E-state index in [9.17, 15) is 19.3 Å². The molecule has 1 N–H and O–H groups in total. The van der Waals surface area contributed by atoms with Crippen LogP contribution in [0.15, 0.2) is 30.5 Å². The molecule has 0 spiro atoms. The highest BCUT2D eigenvalue weighted by Crippen LogP contribution is 2.27. The van der Waals surface area contributed by atoms with E-state index in [0.717, 1.165) is 31.0 Å². The second-order valence-corrected chi connectivity index (χ2v) is 9.94. The largest absolute Gasteiger partial charge is 0.464 e. The van der Waals surface area contributed by atoms with E-state index < -0.39 is 10.7 Å². The van der Waals surface area contributed by atoms with Crippen LogP contribution in [-0.4, -0.2) is 27.2 Å². The second kappa shape index (κ2) is 19.2. The van der Waals surface area contributed by atoms with Gasteiger partial charge in [0.2, 0.25) is 5.75 Å². The van der Waals surface area contributed by atoms with E-state index in [4.69, 9.17) is 4.74 Å². The summed E-state index contributed by atoms with van der Waals surface area (Å²) in [6, 6.07) is 4.55. The predicted octanol–water partition coefficient (Wildman–Crippen LogP) is 7.96. The molecule has 0 bridgehead atoms. The van der Waals surface area contributed by atoms with E-state index in [1.807, 2.05) is 0 Å². The summed E-state index contributed by atoms with van der Waals surface area (Å²) in [6.07, 6.45) is 22.4. The number of rotatable bonds is 22. The van der Waals surface area contributed by atoms with E-state index in [1.165, 1.54) is 101 Å². The first-order chi connectivity index (χ1) is 18.5. The Labute approximate surface area is 226 Å². The number of amides is 1. The minimum atomic E-state index is -0.643. The van der Waals surface area contributed by atoms with Gasteiger partial charge in [0.1, 0.15) is 11.5 Å². The standard InChI is InChI=1S/C29H45FN4O4/c1-2-3-4-5-6-7-8-9-10-11-12-13-14-15-16-17-21-31-29(35)26-20-22-33(32-26)24-38-28-23-25(30)18-19-27(28)34(36)37/h18-20,22-23H,2-17,21,24H2,1H3,(H,31,35). The van der Waals surface area contributed by atoms with Gasteiger partial charge in [0.25, 0.3) is 5.91 Å². The summed E-state index contributed by atoms with van der Waals surface area (Å²) in [7, 11) is 0. The average Bonchev–Trinajstić information content (AvgIpc) is 3.38. The quantitative estimate of drug-likeness (QED) is 0.0942. The van der Waals surface area contributed by atoms with Gasteiger partial charge in [0.15, 0.2) is 6.73 Å². The number of benzene rings is 1. The number of nitrogens with zero attached hydrogens (tertiary/aromatic N) is 3. The Morgan fingerprint density at radius 2 is 1.47 bits per heavy atom. The molecule has 0 aliphatic rings. The smallest absolute Gasteiger partial charge is 0.311 e. The Balaban J connectivity index is 1.47. The van der Waals surface area contributed by atoms with Crippen LogP contribution in [0.25, 0.3) is 0 Å². The Bertz CT molecular complexity index is 950. The normalized spacial score (nSPS) is 11.0. The second-order valence-electron chi connectivity index (χ2n) is 9.94. The number of ether oxygens (including phenoxy) is 1. The van der Waals surface area contributed by atoms with Gasteiger partial charge >= 0.3 is 5.69 Å². The van der Waals surface area contributed by atoms with Gasteiger partial charge in [-0.3, -0.25) is 14.9 Å². The third-order valence-electron chi connectivity index (χ3n) is 6.66. The van der Waals surface area contributed by atoms with Gasteiger partial charge in [-0.15, -0.1) is 0 Å². The summed E-state index contributed by atoms with van der Waals surface area (Å²) >= 11 is 0. The summed E-state index contributed by atoms with van der Waals surface area (Å²) < 4.78 is 20.1. The highest BCUT2D eigenvalue weighted by Gasteiger charge is 2.16. The number of nitro groups is 1. The number of unbranched alkanes of at least 4 members (excludes halogenated alkanes) is 15. The highest BCUT2D eigenvalue weighted by atomic mass is 19.1. The van der Waals surface area contributed by atoms with Crippen molar-refractivity contribution in [2.75, 3.05) is 6.54 Å². The van der Waals surface area contributed by atoms with E-state index in [0.29, 0.717) is 6.54 Å². The fourth-order valence-corrected chi connectivity index (χ4v) is 4.41. The van der Waals surface area contributed by atoms with Gasteiger partial charge in [-0.1, -0.05) is 103 Å². The number of carbonyl (C=O) groups excluding carboxylic acids is 1. The number of nitro benzene ring substituents is 1. The van der Waals surface area contributed by atoms with Crippen LogP contribution < -0.4 is 10.1 Å². The van der Waals surface area contributed by atoms with Gasteiger partial charge in [-0.2, -0.15) is 5.10 Å². The maximum absolute atomic E-state index is 13.4. The van der Waals surface area contributed by atoms with Crippen molar-refractivity contribution in [2.24, 2.45) is 0 Å². The lowest BCUT2D eigenvalue weighted by Gasteiger charge is -2.07. The molecule has 0 saturated carbocycles. The third kappa shape index (κ3) is 13.0. The summed E-state index contributed by atoms with van der Waals surface area (Å²) in [5, 5.41) is 18.1. The van der Waals surface area contributed by atoms with Gasteiger partial charge in [0, 0.05) is 24.9 Å². The lowest BCUT2D eigenvalue weighted by atomic mass is 10.0. The molecule has 0 atom stereocenters. The van der Waals surface area contributed by atoms with Gasteiger partial charge < -0.3 is 10.1 Å². The summed E-state index contributed by atoms with van der Waals surface area (Å²) in [6.45, 7) is 2.67. The van der Waals surface area contributed by atoms with Crippen molar-refractivity contribution in [1.29, 1.82) is 0 Å². The summed E-state index contributed by atoms with van der Waals surface area (Å²) in [4.78, 5) is 22.7. The van der Waals surface area contributed by atoms with E-state index in [2.05, 4.69) is 17.3 Å². The van der Waals surface area contributed by atoms with Crippen LogP contribution in [-0.2, 0) is 6.73 Å². The van der Waals surface area contributed by atoms with E-state index in [1.54, 1.807) is 6.07 Å². The number of aromatic nitrogens is 2. The van der Waals surface area contributed by atoms with Gasteiger partial charge in [-0.05, 0) is 18.6 Å². The topological polar surface area (TPSA) is 99.3 Å². The molecule has 0 radical (unpaired) electrons. The van der Waals surface area contributed by atoms with Crippen LogP contribution in [0, 0.1) is 15.9 Å². The number of hydrogen-bond acceptors (Lipinski definition) is 5. The van der Waals surface area contributed by atoms with Crippen molar-refractivity contribution in [2.45, 2.75) is 116 Å². The van der Waals surface area contributed by atoms with Gasteiger partial charge in [0.05, 0.1) is 4.92 Å². The molecule has 1 amide bonds. The monoisotopic (exact) mass is 532 g/mol. The molecule has 1 aromatic heterocycles. The molecule has 2 rings (SSSR count). The minimum Gasteiger partial charge on any atom is -0.464 e. The van der Waals surface area contributed by atoms with E-state index >= 15 is 0 Å². The molecule has 0 aliphatic heterocycles. The molecule has 9 heteroatoms. The Morgan fingerprint density at radius 1 is 0.921 bits per heavy atom. The molecule has 2 aromatic rings. The van der Waals surface area contributed by atoms with Crippen LogP contribution in [0.5, 0.6) is 5.75 Å². The Hall–Kier alpha value is -2.97. The summed E-state index contributed by atoms with van der Waals surface area (Å²) in [5.41, 5.74) is -0.103. The molecular formula is C29H45FN4O4. The van der Waals surface area contributed by atoms with Crippen LogP contribution in [0.2, 0.25) is 0 Å². The number of nitrogens with one attached hydrogen (secondary N) is 1. The van der Waals surface area contributed by atoms with Crippen molar-refractivity contribution in [3.63, 3.8) is 0 Å². The number of halogens is 1. The molecule has 0 unspecified atom stereocenters. The van der Waals surface area contributed by atoms with Gasteiger partial charge in [-0.25, -0.2) is 9.07 Å². The minimum absolute atomic E-state index is 0.184. The average molecular weight is 533 g/mol. The first-order valence-electron chi connectivity index (χ1n) is 14.4. The Morgan fingerprint density at radius 3 is 2.03 bits per heavy atom. The third-order valence-corrected chi connectivity index (χ3v) is 6.66. The summed E-state index contributed by atoms with van der Waals surface area (Å²) in [5.74, 6) is -1.11. The zero-order valence-corrected chi connectivity index (χ0v) is 23.0. The van der Waals surface area contributed by atoms with Crippen molar-refractivity contribution >= 4 is 11.6 Å². The fraction of sp³-hybridized carbons (Fsp3) is 0.655. The van der Waals surface area contributed by atoms with Crippen molar-refractivity contribution in [3.8, 4) is 5.75 Å². The van der Waals surface area contributed by atoms with Crippen LogP contribution in [0.3, 0.4) is 0 Å². The first kappa shape index (κ1) is 31.2. The number of hydrogen-bond donors (Lipinski definition) is 1. The van der Waals surface area contributed by atoms with E-state index in [-0.39, 0.29) is 29.8 Å². The molecule has 1 aromatic carbocycles. The molecule has 8 nitrogen and oxygen atoms in total. The van der Waals surface area contributed by atoms with Crippen molar-refractivity contribution in [1.82, 2.24) is 15.1 Å². The zero-order chi connectivity index (χ0) is 27.4.